The summed E-state index contributed by atoms with van der Waals surface area (Å²) in [6.07, 6.45) is 6.91. The molecule has 2 aliphatic rings. The molecule has 1 fully saturated rings. The quantitative estimate of drug-likeness (QED) is 0.669. The van der Waals surface area contributed by atoms with Gasteiger partial charge in [-0.25, -0.2) is 4.98 Å². The second kappa shape index (κ2) is 5.82. The van der Waals surface area contributed by atoms with Crippen molar-refractivity contribution in [3.05, 3.63) is 17.7 Å². The number of aromatic amines is 1. The fraction of sp³-hybridized carbons (Fsp3) is 0.769. The van der Waals surface area contributed by atoms with Crippen LogP contribution < -0.4 is 10.6 Å². The summed E-state index contributed by atoms with van der Waals surface area (Å²) < 4.78 is 5.61. The van der Waals surface area contributed by atoms with Gasteiger partial charge in [-0.3, -0.25) is 0 Å². The summed E-state index contributed by atoms with van der Waals surface area (Å²) in [5.41, 5.74) is 2.46. The largest absolute Gasteiger partial charge is 0.378 e. The van der Waals surface area contributed by atoms with Gasteiger partial charge in [0.2, 0.25) is 0 Å². The van der Waals surface area contributed by atoms with Crippen LogP contribution in [-0.4, -0.2) is 41.8 Å². The second-order valence-electron chi connectivity index (χ2n) is 5.24. The van der Waals surface area contributed by atoms with E-state index in [-0.39, 0.29) is 0 Å². The molecular formula is C13H22N4O. The number of aromatic nitrogens is 2. The monoisotopic (exact) mass is 250 g/mol. The number of ether oxygens (including phenoxy) is 1. The molecule has 2 unspecified atom stereocenters. The van der Waals surface area contributed by atoms with E-state index in [9.17, 15) is 0 Å². The lowest BCUT2D eigenvalue weighted by molar-refractivity contribution is 0.104. The van der Waals surface area contributed by atoms with E-state index in [1.807, 2.05) is 0 Å². The third-order valence-corrected chi connectivity index (χ3v) is 3.87. The number of nitrogens with one attached hydrogen (secondary N) is 3. The normalized spacial score (nSPS) is 27.3. The Kier molecular flexibility index (Phi) is 3.93. The van der Waals surface area contributed by atoms with Crippen LogP contribution in [0, 0.1) is 0 Å². The zero-order chi connectivity index (χ0) is 12.2. The highest BCUT2D eigenvalue weighted by Crippen LogP contribution is 2.14. The zero-order valence-corrected chi connectivity index (χ0v) is 10.7. The molecule has 2 aliphatic heterocycles. The molecule has 0 bridgehead atoms. The number of fused-ring (bicyclic) bond motifs is 1. The van der Waals surface area contributed by atoms with Crippen molar-refractivity contribution in [3.63, 3.8) is 0 Å². The maximum Gasteiger partial charge on any atom is 0.0925 e. The summed E-state index contributed by atoms with van der Waals surface area (Å²) in [6, 6.07) is 0.505. The number of hydrogen-bond acceptors (Lipinski definition) is 4. The Balaban J connectivity index is 1.34. The van der Waals surface area contributed by atoms with Gasteiger partial charge < -0.3 is 20.4 Å². The Morgan fingerprint density at radius 2 is 2.50 bits per heavy atom. The maximum atomic E-state index is 5.61. The van der Waals surface area contributed by atoms with Crippen LogP contribution in [0.3, 0.4) is 0 Å². The van der Waals surface area contributed by atoms with Gasteiger partial charge in [0.1, 0.15) is 0 Å². The minimum Gasteiger partial charge on any atom is -0.378 e. The summed E-state index contributed by atoms with van der Waals surface area (Å²) in [6.45, 7) is 3.93. The first-order valence-corrected chi connectivity index (χ1v) is 6.98. The predicted octanol–water partition coefficient (Wildman–Crippen LogP) is 0.583. The van der Waals surface area contributed by atoms with Gasteiger partial charge in [0.15, 0.2) is 0 Å². The van der Waals surface area contributed by atoms with Gasteiger partial charge in [-0.15, -0.1) is 0 Å². The summed E-state index contributed by atoms with van der Waals surface area (Å²) in [5.74, 6) is 0. The minimum absolute atomic E-state index is 0.495. The molecule has 1 saturated heterocycles. The molecule has 0 saturated carbocycles. The van der Waals surface area contributed by atoms with E-state index in [1.54, 1.807) is 6.33 Å². The number of imidazole rings is 1. The first-order chi connectivity index (χ1) is 8.92. The average molecular weight is 250 g/mol. The fourth-order valence-corrected chi connectivity index (χ4v) is 2.79. The van der Waals surface area contributed by atoms with Crippen molar-refractivity contribution in [2.45, 2.75) is 44.4 Å². The molecule has 5 nitrogen and oxygen atoms in total. The number of rotatable bonds is 5. The number of nitrogens with zero attached hydrogens (tertiary/aromatic N) is 1. The van der Waals surface area contributed by atoms with Crippen molar-refractivity contribution in [1.29, 1.82) is 0 Å². The van der Waals surface area contributed by atoms with E-state index in [1.165, 1.54) is 24.2 Å². The molecule has 0 spiro atoms. The van der Waals surface area contributed by atoms with E-state index in [0.717, 1.165) is 39.1 Å². The van der Waals surface area contributed by atoms with Crippen LogP contribution in [0.15, 0.2) is 6.33 Å². The molecule has 0 aromatic carbocycles. The van der Waals surface area contributed by atoms with Crippen molar-refractivity contribution in [2.24, 2.45) is 0 Å². The Bertz CT molecular complexity index is 373. The van der Waals surface area contributed by atoms with Crippen LogP contribution in [0.4, 0.5) is 0 Å². The van der Waals surface area contributed by atoms with Crippen LogP contribution in [-0.2, 0) is 17.7 Å². The van der Waals surface area contributed by atoms with Crippen molar-refractivity contribution >= 4 is 0 Å². The second-order valence-corrected chi connectivity index (χ2v) is 5.24. The van der Waals surface area contributed by atoms with Gasteiger partial charge in [0.05, 0.1) is 23.8 Å². The van der Waals surface area contributed by atoms with E-state index in [2.05, 4.69) is 20.6 Å². The molecule has 1 aromatic rings. The van der Waals surface area contributed by atoms with Gasteiger partial charge in [-0.05, 0) is 25.8 Å². The van der Waals surface area contributed by atoms with Crippen LogP contribution in [0.25, 0.3) is 0 Å². The third kappa shape index (κ3) is 2.91. The maximum absolute atomic E-state index is 5.61. The highest BCUT2D eigenvalue weighted by Gasteiger charge is 2.19. The average Bonchev–Trinajstić information content (AvgIpc) is 3.05. The molecule has 0 aliphatic carbocycles. The summed E-state index contributed by atoms with van der Waals surface area (Å²) >= 11 is 0. The summed E-state index contributed by atoms with van der Waals surface area (Å²) in [7, 11) is 0. The minimum atomic E-state index is 0.495. The lowest BCUT2D eigenvalue weighted by atomic mass is 10.1. The van der Waals surface area contributed by atoms with Crippen molar-refractivity contribution in [3.8, 4) is 0 Å². The smallest absolute Gasteiger partial charge is 0.0925 e. The number of hydrogen-bond donors (Lipinski definition) is 3. The van der Waals surface area contributed by atoms with E-state index in [4.69, 9.17) is 4.74 Å². The Morgan fingerprint density at radius 1 is 1.50 bits per heavy atom. The van der Waals surface area contributed by atoms with Crippen molar-refractivity contribution in [2.75, 3.05) is 19.7 Å². The molecule has 100 valence electrons. The molecule has 0 radical (unpaired) electrons. The molecule has 3 rings (SSSR count). The van der Waals surface area contributed by atoms with E-state index in [0.29, 0.717) is 12.1 Å². The van der Waals surface area contributed by atoms with Crippen LogP contribution >= 0.6 is 0 Å². The Hall–Kier alpha value is -0.910. The predicted molar refractivity (Wildman–Crippen MR) is 69.4 cm³/mol. The lowest BCUT2D eigenvalue weighted by Crippen LogP contribution is -2.43. The van der Waals surface area contributed by atoms with E-state index >= 15 is 0 Å². The number of H-pyrrole nitrogens is 1. The molecular weight excluding hydrogens is 228 g/mol. The highest BCUT2D eigenvalue weighted by molar-refractivity contribution is 5.15. The Morgan fingerprint density at radius 3 is 3.39 bits per heavy atom. The van der Waals surface area contributed by atoms with Gasteiger partial charge in [0.25, 0.3) is 0 Å². The highest BCUT2D eigenvalue weighted by atomic mass is 16.5. The third-order valence-electron chi connectivity index (χ3n) is 3.87. The molecule has 2 atom stereocenters. The fourth-order valence-electron chi connectivity index (χ4n) is 2.79. The zero-order valence-electron chi connectivity index (χ0n) is 10.7. The molecule has 18 heavy (non-hydrogen) atoms. The SMILES string of the molecule is c1nc2c([nH]1)CNC(CNCCC1CCCO1)C2. The molecule has 3 N–H and O–H groups in total. The molecule has 5 heteroatoms. The lowest BCUT2D eigenvalue weighted by Gasteiger charge is -2.23. The van der Waals surface area contributed by atoms with Crippen LogP contribution in [0.1, 0.15) is 30.7 Å². The first kappa shape index (κ1) is 12.1. The molecule has 1 aromatic heterocycles. The topological polar surface area (TPSA) is 62.0 Å². The standard InChI is InChI=1S/C13H22N4O/c1-2-11(18-5-1)3-4-14-7-10-6-12-13(8-15-10)17-9-16-12/h9-11,14-15H,1-8H2,(H,16,17). The summed E-state index contributed by atoms with van der Waals surface area (Å²) in [5, 5.41) is 7.05. The Labute approximate surface area is 108 Å². The van der Waals surface area contributed by atoms with Gasteiger partial charge in [0, 0.05) is 32.2 Å². The van der Waals surface area contributed by atoms with Crippen LogP contribution in [0.5, 0.6) is 0 Å². The van der Waals surface area contributed by atoms with Gasteiger partial charge >= 0.3 is 0 Å². The molecule has 3 heterocycles. The van der Waals surface area contributed by atoms with Crippen LogP contribution in [0.2, 0.25) is 0 Å². The van der Waals surface area contributed by atoms with E-state index < -0.39 is 0 Å². The van der Waals surface area contributed by atoms with Crippen molar-refractivity contribution < 1.29 is 4.74 Å². The van der Waals surface area contributed by atoms with Gasteiger partial charge in [-0.2, -0.15) is 0 Å². The van der Waals surface area contributed by atoms with Gasteiger partial charge in [-0.1, -0.05) is 0 Å². The first-order valence-electron chi connectivity index (χ1n) is 6.98. The van der Waals surface area contributed by atoms with Crippen molar-refractivity contribution in [1.82, 2.24) is 20.6 Å². The molecule has 0 amide bonds. The summed E-state index contributed by atoms with van der Waals surface area (Å²) in [4.78, 5) is 7.53.